The minimum atomic E-state index is -0.773. The number of rotatable bonds is 12. The molecule has 1 aromatic carbocycles. The molecular formula is C27H36N4O5. The molecule has 2 atom stereocenters. The third kappa shape index (κ3) is 6.57. The number of ketones is 1. The molecule has 1 aliphatic heterocycles. The fraction of sp³-hybridized carbons (Fsp3) is 0.593. The maximum absolute atomic E-state index is 13.6. The molecule has 2 aromatic rings. The van der Waals surface area contributed by atoms with Crippen LogP contribution in [-0.4, -0.2) is 65.0 Å². The predicted octanol–water partition coefficient (Wildman–Crippen LogP) is 2.99. The lowest BCUT2D eigenvalue weighted by Crippen LogP contribution is -2.46. The molecule has 36 heavy (non-hydrogen) atoms. The number of hydrogen-bond donors (Lipinski definition) is 1. The summed E-state index contributed by atoms with van der Waals surface area (Å²) in [5.41, 5.74) is 1.24. The van der Waals surface area contributed by atoms with Crippen molar-refractivity contribution in [1.82, 2.24) is 20.4 Å². The second-order valence-electron chi connectivity index (χ2n) is 9.96. The second kappa shape index (κ2) is 11.8. The fourth-order valence-electron chi connectivity index (χ4n) is 4.89. The zero-order valence-corrected chi connectivity index (χ0v) is 21.2. The van der Waals surface area contributed by atoms with Crippen LogP contribution in [0.3, 0.4) is 0 Å². The maximum atomic E-state index is 13.6. The predicted molar refractivity (Wildman–Crippen MR) is 132 cm³/mol. The molecule has 9 heteroatoms. The molecule has 1 aromatic heterocycles. The third-order valence-corrected chi connectivity index (χ3v) is 7.25. The Balaban J connectivity index is 1.47. The zero-order valence-electron chi connectivity index (χ0n) is 21.2. The van der Waals surface area contributed by atoms with Crippen molar-refractivity contribution in [2.45, 2.75) is 64.8 Å². The van der Waals surface area contributed by atoms with Crippen molar-refractivity contribution in [2.75, 3.05) is 26.3 Å². The number of carbonyl (C=O) groups is 3. The number of amides is 2. The van der Waals surface area contributed by atoms with Crippen LogP contribution < -0.4 is 5.32 Å². The van der Waals surface area contributed by atoms with Crippen LogP contribution in [0.15, 0.2) is 34.9 Å². The monoisotopic (exact) mass is 496 g/mol. The van der Waals surface area contributed by atoms with Crippen molar-refractivity contribution in [3.8, 4) is 0 Å². The Kier molecular flexibility index (Phi) is 8.51. The average Bonchev–Trinajstić information content (AvgIpc) is 3.48. The van der Waals surface area contributed by atoms with Gasteiger partial charge in [0.2, 0.25) is 29.3 Å². The summed E-state index contributed by atoms with van der Waals surface area (Å²) in [6.07, 6.45) is 4.57. The van der Waals surface area contributed by atoms with E-state index < -0.39 is 12.0 Å². The van der Waals surface area contributed by atoms with Gasteiger partial charge in [-0.2, -0.15) is 4.98 Å². The highest BCUT2D eigenvalue weighted by atomic mass is 16.5. The highest BCUT2D eigenvalue weighted by Gasteiger charge is 2.46. The first kappa shape index (κ1) is 26.0. The third-order valence-electron chi connectivity index (χ3n) is 7.25. The molecule has 0 unspecified atom stereocenters. The highest BCUT2D eigenvalue weighted by Crippen LogP contribution is 2.53. The highest BCUT2D eigenvalue weighted by molar-refractivity contribution is 5.99. The van der Waals surface area contributed by atoms with Gasteiger partial charge in [0.05, 0.1) is 19.3 Å². The number of Topliss-reactive ketones (excluding diaryl/α,β-unsaturated/α-hetero) is 1. The van der Waals surface area contributed by atoms with Gasteiger partial charge < -0.3 is 19.5 Å². The minimum absolute atomic E-state index is 0.00403. The van der Waals surface area contributed by atoms with Gasteiger partial charge >= 0.3 is 0 Å². The van der Waals surface area contributed by atoms with E-state index in [4.69, 9.17) is 9.26 Å². The molecule has 1 aliphatic carbocycles. The summed E-state index contributed by atoms with van der Waals surface area (Å²) in [6.45, 7) is 5.79. The van der Waals surface area contributed by atoms with Crippen LogP contribution in [0.4, 0.5) is 0 Å². The van der Waals surface area contributed by atoms with E-state index in [9.17, 15) is 14.4 Å². The van der Waals surface area contributed by atoms with E-state index in [0.29, 0.717) is 51.5 Å². The van der Waals surface area contributed by atoms with Crippen molar-refractivity contribution in [3.05, 3.63) is 47.6 Å². The Morgan fingerprint density at radius 3 is 2.44 bits per heavy atom. The van der Waals surface area contributed by atoms with E-state index in [1.807, 2.05) is 32.0 Å². The van der Waals surface area contributed by atoms with Crippen molar-refractivity contribution in [3.63, 3.8) is 0 Å². The lowest BCUT2D eigenvalue weighted by atomic mass is 9.84. The normalized spacial score (nSPS) is 18.3. The zero-order chi connectivity index (χ0) is 25.5. The number of carbonyl (C=O) groups excluding carboxylic acids is 3. The summed E-state index contributed by atoms with van der Waals surface area (Å²) in [7, 11) is 0. The number of aryl methyl sites for hydroxylation is 1. The SMILES string of the molecule is CCc1nc(C(=O)[C@@H](CC)NC(=O)[C@H](CC(=O)N2CCOCC2)CC2(Cc3ccccc3)CC2)no1. The van der Waals surface area contributed by atoms with Gasteiger partial charge in [0.15, 0.2) is 0 Å². The molecule has 2 fully saturated rings. The van der Waals surface area contributed by atoms with E-state index in [1.54, 1.807) is 4.90 Å². The number of aromatic nitrogens is 2. The summed E-state index contributed by atoms with van der Waals surface area (Å²) in [5, 5.41) is 6.68. The van der Waals surface area contributed by atoms with Gasteiger partial charge in [-0.1, -0.05) is 49.3 Å². The summed E-state index contributed by atoms with van der Waals surface area (Å²) in [4.78, 5) is 45.6. The smallest absolute Gasteiger partial charge is 0.240 e. The molecule has 2 aliphatic rings. The van der Waals surface area contributed by atoms with Gasteiger partial charge in [-0.15, -0.1) is 0 Å². The number of nitrogens with one attached hydrogen (secondary N) is 1. The first-order chi connectivity index (χ1) is 17.4. The quantitative estimate of drug-likeness (QED) is 0.449. The summed E-state index contributed by atoms with van der Waals surface area (Å²) in [5.74, 6) is -0.856. The molecule has 9 nitrogen and oxygen atoms in total. The molecule has 0 radical (unpaired) electrons. The Morgan fingerprint density at radius 2 is 1.83 bits per heavy atom. The minimum Gasteiger partial charge on any atom is -0.378 e. The molecule has 2 amide bonds. The van der Waals surface area contributed by atoms with Crippen molar-refractivity contribution < 1.29 is 23.6 Å². The largest absolute Gasteiger partial charge is 0.378 e. The van der Waals surface area contributed by atoms with E-state index in [2.05, 4.69) is 27.6 Å². The molecule has 1 saturated heterocycles. The van der Waals surface area contributed by atoms with Gasteiger partial charge in [0.1, 0.15) is 0 Å². The van der Waals surface area contributed by atoms with Crippen LogP contribution >= 0.6 is 0 Å². The number of ether oxygens (including phenoxy) is 1. The first-order valence-corrected chi connectivity index (χ1v) is 13.0. The average molecular weight is 497 g/mol. The van der Waals surface area contributed by atoms with Crippen LogP contribution in [0.1, 0.15) is 68.0 Å². The molecule has 2 heterocycles. The number of hydrogen-bond acceptors (Lipinski definition) is 7. The van der Waals surface area contributed by atoms with E-state index in [1.165, 1.54) is 5.56 Å². The van der Waals surface area contributed by atoms with Crippen molar-refractivity contribution in [1.29, 1.82) is 0 Å². The maximum Gasteiger partial charge on any atom is 0.240 e. The Morgan fingerprint density at radius 1 is 1.11 bits per heavy atom. The van der Waals surface area contributed by atoms with Gasteiger partial charge in [-0.3, -0.25) is 14.4 Å². The number of morpholine rings is 1. The van der Waals surface area contributed by atoms with Crippen LogP contribution in [0.25, 0.3) is 0 Å². The lowest BCUT2D eigenvalue weighted by molar-refractivity contribution is -0.140. The summed E-state index contributed by atoms with van der Waals surface area (Å²) >= 11 is 0. The van der Waals surface area contributed by atoms with Gasteiger partial charge in [0.25, 0.3) is 0 Å². The van der Waals surface area contributed by atoms with Crippen LogP contribution in [-0.2, 0) is 27.2 Å². The van der Waals surface area contributed by atoms with Gasteiger partial charge in [0, 0.05) is 31.8 Å². The number of benzene rings is 1. The lowest BCUT2D eigenvalue weighted by Gasteiger charge is -2.30. The fourth-order valence-corrected chi connectivity index (χ4v) is 4.89. The summed E-state index contributed by atoms with van der Waals surface area (Å²) < 4.78 is 10.5. The topological polar surface area (TPSA) is 115 Å². The van der Waals surface area contributed by atoms with Crippen LogP contribution in [0.5, 0.6) is 0 Å². The van der Waals surface area contributed by atoms with E-state index in [-0.39, 0.29) is 35.3 Å². The molecule has 1 N–H and O–H groups in total. The van der Waals surface area contributed by atoms with Crippen molar-refractivity contribution in [2.24, 2.45) is 11.3 Å². The van der Waals surface area contributed by atoms with Crippen molar-refractivity contribution >= 4 is 17.6 Å². The Hall–Kier alpha value is -3.07. The molecule has 0 spiro atoms. The van der Waals surface area contributed by atoms with Crippen LogP contribution in [0.2, 0.25) is 0 Å². The standard InChI is InChI=1S/C27H36N4O5/c1-3-21(24(33)25-29-22(4-2)36-30-25)28-26(34)20(16-23(32)31-12-14-35-15-13-31)18-27(10-11-27)17-19-8-6-5-7-9-19/h5-9,20-21H,3-4,10-18H2,1-2H3,(H,28,34)/t20-,21-/m1/s1. The van der Waals surface area contributed by atoms with Gasteiger partial charge in [-0.25, -0.2) is 0 Å². The number of nitrogens with zero attached hydrogens (tertiary/aromatic N) is 3. The molecular weight excluding hydrogens is 460 g/mol. The van der Waals surface area contributed by atoms with Gasteiger partial charge in [-0.05, 0) is 43.1 Å². The Bertz CT molecular complexity index is 1040. The molecule has 1 saturated carbocycles. The van der Waals surface area contributed by atoms with Crippen LogP contribution in [0, 0.1) is 11.3 Å². The summed E-state index contributed by atoms with van der Waals surface area (Å²) in [6, 6.07) is 9.48. The molecule has 0 bridgehead atoms. The molecule has 4 rings (SSSR count). The van der Waals surface area contributed by atoms with E-state index >= 15 is 0 Å². The Labute approximate surface area is 212 Å². The first-order valence-electron chi connectivity index (χ1n) is 13.0. The van der Waals surface area contributed by atoms with E-state index in [0.717, 1.165) is 19.3 Å². The molecule has 194 valence electrons. The second-order valence-corrected chi connectivity index (χ2v) is 9.96.